The number of ether oxygens (including phenoxy) is 1. The number of benzene rings is 3. The molecule has 0 saturated heterocycles. The summed E-state index contributed by atoms with van der Waals surface area (Å²) in [6.07, 6.45) is 2.04. The Labute approximate surface area is 234 Å². The SMILES string of the molecule is Cc1cc(Br)c(O)c(Br)c1.O=CC1=C(c2cc(Br)c(O)c(Br)c2)/C(=C/c2ccc(O)cc2)OC1=O. The van der Waals surface area contributed by atoms with E-state index in [9.17, 15) is 24.9 Å². The molecule has 3 aromatic rings. The monoisotopic (exact) mass is 728 g/mol. The zero-order valence-electron chi connectivity index (χ0n) is 17.9. The minimum atomic E-state index is -0.740. The van der Waals surface area contributed by atoms with E-state index < -0.39 is 5.97 Å². The maximum atomic E-state index is 12.0. The molecule has 10 heteroatoms. The minimum absolute atomic E-state index is 0.00584. The van der Waals surface area contributed by atoms with Crippen LogP contribution >= 0.6 is 63.7 Å². The van der Waals surface area contributed by atoms with E-state index in [1.165, 1.54) is 12.1 Å². The summed E-state index contributed by atoms with van der Waals surface area (Å²) in [7, 11) is 0. The number of carbonyl (C=O) groups is 2. The smallest absolute Gasteiger partial charge is 0.347 e. The lowest BCUT2D eigenvalue weighted by Gasteiger charge is -2.08. The molecule has 0 fully saturated rings. The quantitative estimate of drug-likeness (QED) is 0.148. The number of aldehydes is 1. The van der Waals surface area contributed by atoms with Crippen LogP contribution in [0.4, 0.5) is 0 Å². The third kappa shape index (κ3) is 6.43. The molecule has 3 N–H and O–H groups in total. The van der Waals surface area contributed by atoms with Gasteiger partial charge in [-0.05, 0) is 130 Å². The molecule has 1 aliphatic rings. The van der Waals surface area contributed by atoms with Crippen LogP contribution in [-0.2, 0) is 14.3 Å². The molecule has 0 aromatic heterocycles. The lowest BCUT2D eigenvalue weighted by atomic mass is 9.99. The van der Waals surface area contributed by atoms with E-state index in [1.807, 2.05) is 19.1 Å². The van der Waals surface area contributed by atoms with Gasteiger partial charge >= 0.3 is 5.97 Å². The van der Waals surface area contributed by atoms with Gasteiger partial charge in [-0.15, -0.1) is 0 Å². The van der Waals surface area contributed by atoms with Gasteiger partial charge in [0.25, 0.3) is 0 Å². The van der Waals surface area contributed by atoms with Gasteiger partial charge in [0.2, 0.25) is 0 Å². The average Bonchev–Trinajstić information content (AvgIpc) is 3.12. The Morgan fingerprint density at radius 1 is 0.800 bits per heavy atom. The van der Waals surface area contributed by atoms with Crippen LogP contribution in [0.1, 0.15) is 16.7 Å². The van der Waals surface area contributed by atoms with Crippen LogP contribution in [0, 0.1) is 6.92 Å². The third-order valence-corrected chi connectivity index (χ3v) is 7.13. The largest absolute Gasteiger partial charge is 0.508 e. The van der Waals surface area contributed by atoms with Crippen LogP contribution < -0.4 is 0 Å². The summed E-state index contributed by atoms with van der Waals surface area (Å²) in [5.41, 5.74) is 2.54. The molecule has 0 aliphatic carbocycles. The molecule has 3 aromatic carbocycles. The van der Waals surface area contributed by atoms with Gasteiger partial charge in [-0.25, -0.2) is 4.79 Å². The van der Waals surface area contributed by atoms with Gasteiger partial charge in [-0.2, -0.15) is 0 Å². The van der Waals surface area contributed by atoms with E-state index in [1.54, 1.807) is 30.3 Å². The van der Waals surface area contributed by atoms with Crippen LogP contribution in [0.2, 0.25) is 0 Å². The van der Waals surface area contributed by atoms with E-state index in [0.717, 1.165) is 14.5 Å². The van der Waals surface area contributed by atoms with Crippen molar-refractivity contribution in [2.24, 2.45) is 0 Å². The molecule has 180 valence electrons. The number of carbonyl (C=O) groups excluding carboxylic acids is 2. The Bertz CT molecular complexity index is 1330. The number of rotatable bonds is 3. The van der Waals surface area contributed by atoms with Crippen molar-refractivity contribution in [3.63, 3.8) is 0 Å². The molecule has 0 bridgehead atoms. The van der Waals surface area contributed by atoms with Crippen molar-refractivity contribution >= 4 is 87.6 Å². The first-order valence-electron chi connectivity index (χ1n) is 9.77. The fraction of sp³-hybridized carbons (Fsp3) is 0.0400. The van der Waals surface area contributed by atoms with Crippen molar-refractivity contribution in [3.8, 4) is 17.2 Å². The second kappa shape index (κ2) is 11.6. The van der Waals surface area contributed by atoms with Gasteiger partial charge in [-0.1, -0.05) is 12.1 Å². The molecule has 1 aliphatic heterocycles. The Morgan fingerprint density at radius 3 is 1.77 bits per heavy atom. The second-order valence-electron chi connectivity index (χ2n) is 7.26. The summed E-state index contributed by atoms with van der Waals surface area (Å²) in [5, 5.41) is 28.5. The molecule has 6 nitrogen and oxygen atoms in total. The number of halogens is 4. The van der Waals surface area contributed by atoms with E-state index in [2.05, 4.69) is 63.7 Å². The van der Waals surface area contributed by atoms with Crippen molar-refractivity contribution in [1.29, 1.82) is 0 Å². The molecule has 0 spiro atoms. The topological polar surface area (TPSA) is 104 Å². The predicted molar refractivity (Wildman–Crippen MR) is 147 cm³/mol. The fourth-order valence-corrected chi connectivity index (χ4v) is 5.67. The Hall–Kier alpha value is -2.40. The molecule has 0 atom stereocenters. The molecule has 1 heterocycles. The van der Waals surface area contributed by atoms with Gasteiger partial charge in [-0.3, -0.25) is 4.79 Å². The normalized spacial score (nSPS) is 14.0. The highest BCUT2D eigenvalue weighted by Gasteiger charge is 2.31. The predicted octanol–water partition coefficient (Wildman–Crippen LogP) is 7.40. The number of phenols is 3. The standard InChI is InChI=1S/C18H10Br2O5.C7H6Br2O/c19-13-6-10(7-14(20)17(13)23)16-12(8-21)18(24)25-15(16)5-9-1-3-11(22)4-2-9;1-4-2-5(8)7(10)6(9)3-4/h1-8,22-23H;2-3,10H,1H3/b15-5-;. The van der Waals surface area contributed by atoms with Crippen molar-refractivity contribution in [3.05, 3.63) is 94.4 Å². The van der Waals surface area contributed by atoms with Gasteiger partial charge in [0, 0.05) is 5.57 Å². The van der Waals surface area contributed by atoms with Crippen LogP contribution in [-0.4, -0.2) is 27.6 Å². The maximum Gasteiger partial charge on any atom is 0.347 e. The number of cyclic esters (lactones) is 1. The summed E-state index contributed by atoms with van der Waals surface area (Å²) >= 11 is 12.9. The first-order valence-corrected chi connectivity index (χ1v) is 12.9. The molecule has 0 amide bonds. The molecular weight excluding hydrogens is 716 g/mol. The zero-order chi connectivity index (χ0) is 25.9. The minimum Gasteiger partial charge on any atom is -0.508 e. The highest BCUT2D eigenvalue weighted by atomic mass is 79.9. The summed E-state index contributed by atoms with van der Waals surface area (Å²) in [5.74, 6) is -0.157. The molecule has 0 radical (unpaired) electrons. The fourth-order valence-electron chi connectivity index (χ4n) is 3.07. The number of hydrogen-bond donors (Lipinski definition) is 3. The number of phenolic OH excluding ortho intramolecular Hbond substituents is 3. The summed E-state index contributed by atoms with van der Waals surface area (Å²) in [6.45, 7) is 1.97. The second-order valence-corrected chi connectivity index (χ2v) is 10.7. The Balaban J connectivity index is 0.000000287. The Kier molecular flexibility index (Phi) is 8.98. The highest BCUT2D eigenvalue weighted by Crippen LogP contribution is 2.41. The molecule has 4 rings (SSSR count). The van der Waals surface area contributed by atoms with Gasteiger partial charge in [0.05, 0.1) is 17.9 Å². The number of hydrogen-bond acceptors (Lipinski definition) is 6. The first kappa shape index (κ1) is 27.2. The zero-order valence-corrected chi connectivity index (χ0v) is 24.2. The van der Waals surface area contributed by atoms with Crippen LogP contribution in [0.5, 0.6) is 17.2 Å². The van der Waals surface area contributed by atoms with E-state index >= 15 is 0 Å². The first-order chi connectivity index (χ1) is 16.5. The van der Waals surface area contributed by atoms with Crippen molar-refractivity contribution in [2.75, 3.05) is 0 Å². The van der Waals surface area contributed by atoms with E-state index in [4.69, 9.17) is 4.74 Å². The van der Waals surface area contributed by atoms with Crippen molar-refractivity contribution in [1.82, 2.24) is 0 Å². The van der Waals surface area contributed by atoms with Crippen molar-refractivity contribution < 1.29 is 29.6 Å². The van der Waals surface area contributed by atoms with Gasteiger partial charge in [0.1, 0.15) is 28.6 Å². The number of allylic oxidation sites excluding steroid dienone is 1. The van der Waals surface area contributed by atoms with Crippen LogP contribution in [0.15, 0.2) is 77.8 Å². The maximum absolute atomic E-state index is 12.0. The van der Waals surface area contributed by atoms with Crippen LogP contribution in [0.25, 0.3) is 11.6 Å². The molecule has 35 heavy (non-hydrogen) atoms. The molecule has 0 unspecified atom stereocenters. The summed E-state index contributed by atoms with van der Waals surface area (Å²) in [4.78, 5) is 23.4. The lowest BCUT2D eigenvalue weighted by Crippen LogP contribution is -1.99. The van der Waals surface area contributed by atoms with Gasteiger partial charge < -0.3 is 20.1 Å². The van der Waals surface area contributed by atoms with Crippen molar-refractivity contribution in [2.45, 2.75) is 6.92 Å². The number of esters is 1. The summed E-state index contributed by atoms with van der Waals surface area (Å²) < 4.78 is 7.48. The number of aromatic hydroxyl groups is 3. The average molecular weight is 732 g/mol. The molecular formula is C25H16Br4O6. The third-order valence-electron chi connectivity index (χ3n) is 4.71. The number of aryl methyl sites for hydroxylation is 1. The van der Waals surface area contributed by atoms with Gasteiger partial charge in [0.15, 0.2) is 6.29 Å². The van der Waals surface area contributed by atoms with E-state index in [-0.39, 0.29) is 28.6 Å². The van der Waals surface area contributed by atoms with E-state index in [0.29, 0.717) is 31.9 Å². The molecule has 0 saturated carbocycles. The summed E-state index contributed by atoms with van der Waals surface area (Å²) in [6, 6.07) is 13.2. The Morgan fingerprint density at radius 2 is 1.29 bits per heavy atom. The van der Waals surface area contributed by atoms with Crippen LogP contribution in [0.3, 0.4) is 0 Å². The highest BCUT2D eigenvalue weighted by molar-refractivity contribution is 9.11. The lowest BCUT2D eigenvalue weighted by molar-refractivity contribution is -0.133.